The molecule has 0 unspecified atom stereocenters. The molecular formula is C22H18. The summed E-state index contributed by atoms with van der Waals surface area (Å²) >= 11 is 0. The lowest BCUT2D eigenvalue weighted by Crippen LogP contribution is -1.89. The minimum atomic E-state index is 1.13. The Balaban J connectivity index is 1.97. The molecule has 0 saturated carbocycles. The summed E-state index contributed by atoms with van der Waals surface area (Å²) in [5.41, 5.74) is 2.48. The lowest BCUT2D eigenvalue weighted by molar-refractivity contribution is 0.715. The molecule has 0 amide bonds. The molecule has 0 spiro atoms. The van der Waals surface area contributed by atoms with E-state index < -0.39 is 0 Å². The molecule has 0 heteroatoms. The zero-order valence-electron chi connectivity index (χ0n) is 12.6. The van der Waals surface area contributed by atoms with Crippen molar-refractivity contribution in [2.45, 2.75) is 25.7 Å². The van der Waals surface area contributed by atoms with Crippen molar-refractivity contribution in [3.63, 3.8) is 0 Å². The summed E-state index contributed by atoms with van der Waals surface area (Å²) in [5, 5.41) is 5.04. The number of hydrogen-bond donors (Lipinski definition) is 0. The van der Waals surface area contributed by atoms with Gasteiger partial charge in [0.2, 0.25) is 0 Å². The summed E-state index contributed by atoms with van der Waals surface area (Å²) in [6, 6.07) is 19.4. The van der Waals surface area contributed by atoms with Gasteiger partial charge in [-0.25, -0.2) is 0 Å². The smallest absolute Gasteiger partial charge is 0.0405 e. The first kappa shape index (κ1) is 13.2. The Hall–Kier alpha value is -2.52. The Kier molecular flexibility index (Phi) is 3.41. The molecule has 4 rings (SSSR count). The van der Waals surface area contributed by atoms with Gasteiger partial charge in [-0.2, -0.15) is 0 Å². The monoisotopic (exact) mass is 282 g/mol. The van der Waals surface area contributed by atoms with Crippen molar-refractivity contribution in [2.75, 3.05) is 0 Å². The summed E-state index contributed by atoms with van der Waals surface area (Å²) in [6.07, 6.45) is 7.21. The number of rotatable bonds is 0. The first-order valence-electron chi connectivity index (χ1n) is 8.03. The fraction of sp³-hybridized carbons (Fsp3) is 0.182. The van der Waals surface area contributed by atoms with Gasteiger partial charge in [0.25, 0.3) is 0 Å². The molecule has 22 heavy (non-hydrogen) atoms. The Morgan fingerprint density at radius 2 is 1.41 bits per heavy atom. The van der Waals surface area contributed by atoms with E-state index in [2.05, 4.69) is 72.5 Å². The molecule has 1 aliphatic carbocycles. The first-order valence-corrected chi connectivity index (χ1v) is 8.03. The van der Waals surface area contributed by atoms with Gasteiger partial charge >= 0.3 is 0 Å². The van der Waals surface area contributed by atoms with E-state index in [0.717, 1.165) is 6.42 Å². The van der Waals surface area contributed by atoms with Crippen molar-refractivity contribution >= 4 is 21.5 Å². The molecule has 0 nitrogen and oxygen atoms in total. The topological polar surface area (TPSA) is 0 Å². The molecule has 0 fully saturated rings. The highest BCUT2D eigenvalue weighted by atomic mass is 14.1. The predicted molar refractivity (Wildman–Crippen MR) is 94.9 cm³/mol. The van der Waals surface area contributed by atoms with Crippen LogP contribution >= 0.6 is 0 Å². The van der Waals surface area contributed by atoms with Crippen LogP contribution in [-0.4, -0.2) is 0 Å². The summed E-state index contributed by atoms with van der Waals surface area (Å²) in [4.78, 5) is 0. The highest BCUT2D eigenvalue weighted by Crippen LogP contribution is 2.28. The molecule has 0 saturated heterocycles. The summed E-state index contributed by atoms with van der Waals surface area (Å²) in [5.74, 6) is 6.92. The minimum Gasteiger partial charge on any atom is -0.0729 e. The maximum atomic E-state index is 3.48. The standard InChI is InChI=1S/C22H18/c1-2-8-17(9-3-1)14-15-22-20-12-6-4-10-18(20)16-19-11-5-7-13-21(19)22/h4-8,10-13,16H,1-3,9H2. The molecular weight excluding hydrogens is 264 g/mol. The lowest BCUT2D eigenvalue weighted by atomic mass is 9.96. The van der Waals surface area contributed by atoms with Crippen LogP contribution in [0.2, 0.25) is 0 Å². The third-order valence-corrected chi connectivity index (χ3v) is 4.41. The number of hydrogen-bond acceptors (Lipinski definition) is 0. The zero-order chi connectivity index (χ0) is 14.8. The molecule has 0 aliphatic heterocycles. The third kappa shape index (κ3) is 2.40. The molecule has 1 aliphatic rings. The van der Waals surface area contributed by atoms with Crippen molar-refractivity contribution in [1.82, 2.24) is 0 Å². The van der Waals surface area contributed by atoms with E-state index in [1.54, 1.807) is 0 Å². The van der Waals surface area contributed by atoms with E-state index in [0.29, 0.717) is 0 Å². The van der Waals surface area contributed by atoms with Crippen LogP contribution in [0.25, 0.3) is 21.5 Å². The molecule has 3 aromatic carbocycles. The van der Waals surface area contributed by atoms with Gasteiger partial charge < -0.3 is 0 Å². The van der Waals surface area contributed by atoms with Crippen molar-refractivity contribution in [3.8, 4) is 11.8 Å². The lowest BCUT2D eigenvalue weighted by Gasteiger charge is -2.08. The van der Waals surface area contributed by atoms with Crippen LogP contribution in [-0.2, 0) is 0 Å². The molecule has 0 bridgehead atoms. The van der Waals surface area contributed by atoms with Crippen LogP contribution in [0.4, 0.5) is 0 Å². The van der Waals surface area contributed by atoms with Gasteiger partial charge in [-0.3, -0.25) is 0 Å². The number of fused-ring (bicyclic) bond motifs is 2. The van der Waals surface area contributed by atoms with E-state index in [1.165, 1.54) is 51.9 Å². The maximum Gasteiger partial charge on any atom is 0.0405 e. The van der Waals surface area contributed by atoms with Crippen LogP contribution in [0.1, 0.15) is 31.2 Å². The van der Waals surface area contributed by atoms with Gasteiger partial charge in [-0.15, -0.1) is 0 Å². The van der Waals surface area contributed by atoms with Crippen LogP contribution in [0, 0.1) is 11.8 Å². The van der Waals surface area contributed by atoms with E-state index in [9.17, 15) is 0 Å². The zero-order valence-corrected chi connectivity index (χ0v) is 12.6. The summed E-state index contributed by atoms with van der Waals surface area (Å²) < 4.78 is 0. The summed E-state index contributed by atoms with van der Waals surface area (Å²) in [7, 11) is 0. The Morgan fingerprint density at radius 1 is 0.727 bits per heavy atom. The largest absolute Gasteiger partial charge is 0.0729 e. The van der Waals surface area contributed by atoms with Gasteiger partial charge in [-0.05, 0) is 58.9 Å². The highest BCUT2D eigenvalue weighted by Gasteiger charge is 2.05. The van der Waals surface area contributed by atoms with Crippen molar-refractivity contribution in [2.24, 2.45) is 0 Å². The van der Waals surface area contributed by atoms with Crippen LogP contribution < -0.4 is 0 Å². The average Bonchev–Trinajstić information content (AvgIpc) is 2.59. The molecule has 0 radical (unpaired) electrons. The van der Waals surface area contributed by atoms with Crippen molar-refractivity contribution < 1.29 is 0 Å². The van der Waals surface area contributed by atoms with Crippen molar-refractivity contribution in [1.29, 1.82) is 0 Å². The second-order valence-electron chi connectivity index (χ2n) is 5.92. The SMILES string of the molecule is C(#Cc1c2ccccc2cc2ccccc12)C1=CCCCC1. The summed E-state index contributed by atoms with van der Waals surface area (Å²) in [6.45, 7) is 0. The van der Waals surface area contributed by atoms with Crippen molar-refractivity contribution in [3.05, 3.63) is 71.8 Å². The average molecular weight is 282 g/mol. The Labute approximate surface area is 131 Å². The number of allylic oxidation sites excluding steroid dienone is 2. The number of benzene rings is 3. The van der Waals surface area contributed by atoms with Gasteiger partial charge in [0, 0.05) is 5.56 Å². The minimum absolute atomic E-state index is 1.13. The van der Waals surface area contributed by atoms with E-state index in [1.807, 2.05) is 0 Å². The van der Waals surface area contributed by atoms with Gasteiger partial charge in [0.1, 0.15) is 0 Å². The highest BCUT2D eigenvalue weighted by molar-refractivity contribution is 6.04. The molecule has 0 N–H and O–H groups in total. The molecule has 106 valence electrons. The van der Waals surface area contributed by atoms with E-state index >= 15 is 0 Å². The van der Waals surface area contributed by atoms with Gasteiger partial charge in [0.15, 0.2) is 0 Å². The second-order valence-corrected chi connectivity index (χ2v) is 5.92. The maximum absolute atomic E-state index is 3.48. The van der Waals surface area contributed by atoms with Crippen LogP contribution in [0.15, 0.2) is 66.2 Å². The molecule has 3 aromatic rings. The van der Waals surface area contributed by atoms with Crippen LogP contribution in [0.5, 0.6) is 0 Å². The molecule has 0 heterocycles. The fourth-order valence-electron chi connectivity index (χ4n) is 3.24. The predicted octanol–water partition coefficient (Wildman–Crippen LogP) is 5.84. The first-order chi connectivity index (χ1) is 10.9. The van der Waals surface area contributed by atoms with E-state index in [4.69, 9.17) is 0 Å². The fourth-order valence-corrected chi connectivity index (χ4v) is 3.24. The Bertz CT molecular complexity index is 878. The second kappa shape index (κ2) is 5.70. The van der Waals surface area contributed by atoms with E-state index in [-0.39, 0.29) is 0 Å². The molecule has 0 atom stereocenters. The Morgan fingerprint density at radius 3 is 2.05 bits per heavy atom. The third-order valence-electron chi connectivity index (χ3n) is 4.41. The van der Waals surface area contributed by atoms with Gasteiger partial charge in [-0.1, -0.05) is 66.4 Å². The van der Waals surface area contributed by atoms with Crippen LogP contribution in [0.3, 0.4) is 0 Å². The quantitative estimate of drug-likeness (QED) is 0.358. The van der Waals surface area contributed by atoms with Gasteiger partial charge in [0.05, 0.1) is 0 Å². The normalized spacial score (nSPS) is 14.5. The molecule has 0 aromatic heterocycles.